The van der Waals surface area contributed by atoms with Crippen molar-refractivity contribution in [3.05, 3.63) is 59.2 Å². The lowest BCUT2D eigenvalue weighted by Gasteiger charge is -2.23. The van der Waals surface area contributed by atoms with Crippen LogP contribution in [0.3, 0.4) is 0 Å². The predicted octanol–water partition coefficient (Wildman–Crippen LogP) is 2.76. The van der Waals surface area contributed by atoms with Crippen LogP contribution in [0.5, 0.6) is 17.2 Å². The van der Waals surface area contributed by atoms with E-state index in [1.165, 1.54) is 33.3 Å². The molecule has 0 bridgehead atoms. The molecule has 7 heteroatoms. The van der Waals surface area contributed by atoms with Gasteiger partial charge in [-0.15, -0.1) is 0 Å². The van der Waals surface area contributed by atoms with E-state index in [9.17, 15) is 14.7 Å². The first-order chi connectivity index (χ1) is 13.4. The minimum atomic E-state index is -0.774. The second-order valence-corrected chi connectivity index (χ2v) is 6.22. The Balaban J connectivity index is 2.21. The molecule has 3 rings (SSSR count). The summed E-state index contributed by atoms with van der Waals surface area (Å²) in [6.45, 7) is 0. The number of rotatable bonds is 5. The van der Waals surface area contributed by atoms with E-state index in [1.54, 1.807) is 42.5 Å². The number of ether oxygens (including phenoxy) is 3. The van der Waals surface area contributed by atoms with Gasteiger partial charge in [0.1, 0.15) is 11.5 Å². The van der Waals surface area contributed by atoms with E-state index >= 15 is 0 Å². The summed E-state index contributed by atoms with van der Waals surface area (Å²) in [5, 5.41) is 10.9. The molecule has 1 aliphatic rings. The summed E-state index contributed by atoms with van der Waals surface area (Å²) in [5.41, 5.74) is 0.932. The predicted molar refractivity (Wildman–Crippen MR) is 103 cm³/mol. The highest BCUT2D eigenvalue weighted by Crippen LogP contribution is 2.42. The molecular weight excluding hydrogens is 362 g/mol. The van der Waals surface area contributed by atoms with Crippen molar-refractivity contribution in [3.63, 3.8) is 0 Å². The van der Waals surface area contributed by atoms with Crippen molar-refractivity contribution >= 4 is 17.4 Å². The van der Waals surface area contributed by atoms with Gasteiger partial charge >= 0.3 is 0 Å². The fraction of sp³-hybridized carbons (Fsp3) is 0.238. The number of aliphatic hydroxyl groups is 1. The molecule has 1 aliphatic heterocycles. The summed E-state index contributed by atoms with van der Waals surface area (Å²) in [7, 11) is 6.00. The van der Waals surface area contributed by atoms with Crippen LogP contribution >= 0.6 is 0 Å². The quantitative estimate of drug-likeness (QED) is 0.485. The van der Waals surface area contributed by atoms with Crippen molar-refractivity contribution in [1.29, 1.82) is 0 Å². The first-order valence-electron chi connectivity index (χ1n) is 8.54. The lowest BCUT2D eigenvalue weighted by atomic mass is 9.94. The topological polar surface area (TPSA) is 85.3 Å². The maximum absolute atomic E-state index is 12.7. The lowest BCUT2D eigenvalue weighted by Crippen LogP contribution is -2.25. The number of amides is 1. The second kappa shape index (κ2) is 7.64. The maximum atomic E-state index is 12.7. The summed E-state index contributed by atoms with van der Waals surface area (Å²) in [5.74, 6) is -0.356. The van der Waals surface area contributed by atoms with Crippen molar-refractivity contribution in [3.8, 4) is 17.2 Å². The molecule has 1 N–H and O–H groups in total. The number of aliphatic hydroxyl groups excluding tert-OH is 1. The molecule has 2 aromatic carbocycles. The molecule has 28 heavy (non-hydrogen) atoms. The lowest BCUT2D eigenvalue weighted by molar-refractivity contribution is -0.139. The van der Waals surface area contributed by atoms with Gasteiger partial charge in [0.05, 0.1) is 32.9 Å². The van der Waals surface area contributed by atoms with Crippen molar-refractivity contribution in [1.82, 2.24) is 4.90 Å². The van der Waals surface area contributed by atoms with Gasteiger partial charge in [-0.1, -0.05) is 18.2 Å². The van der Waals surface area contributed by atoms with E-state index < -0.39 is 17.7 Å². The number of Topliss-reactive ketones (excluding diaryl/α,β-unsaturated/α-hetero) is 1. The average molecular weight is 383 g/mol. The number of carbonyl (C=O) groups is 2. The molecule has 0 aliphatic carbocycles. The Hall–Kier alpha value is -3.48. The van der Waals surface area contributed by atoms with E-state index in [2.05, 4.69) is 0 Å². The van der Waals surface area contributed by atoms with Gasteiger partial charge < -0.3 is 24.2 Å². The highest BCUT2D eigenvalue weighted by atomic mass is 16.5. The van der Waals surface area contributed by atoms with E-state index in [0.717, 1.165) is 0 Å². The molecule has 1 unspecified atom stereocenters. The van der Waals surface area contributed by atoms with Crippen molar-refractivity contribution in [2.75, 3.05) is 28.4 Å². The third-order valence-electron chi connectivity index (χ3n) is 4.77. The Morgan fingerprint density at radius 1 is 0.929 bits per heavy atom. The Bertz CT molecular complexity index is 965. The number of methoxy groups -OCH3 is 3. The van der Waals surface area contributed by atoms with Crippen molar-refractivity contribution in [2.24, 2.45) is 0 Å². The van der Waals surface area contributed by atoms with Crippen LogP contribution in [0.4, 0.5) is 0 Å². The molecule has 1 amide bonds. The van der Waals surface area contributed by atoms with Gasteiger partial charge in [0.15, 0.2) is 11.5 Å². The van der Waals surface area contributed by atoms with E-state index in [1.807, 2.05) is 0 Å². The number of para-hydroxylation sites is 1. The molecule has 1 fully saturated rings. The number of likely N-dealkylation sites (N-methyl/N-ethyl adjacent to an activating group) is 1. The fourth-order valence-corrected chi connectivity index (χ4v) is 3.34. The third-order valence-corrected chi connectivity index (χ3v) is 4.77. The third kappa shape index (κ3) is 3.05. The molecule has 146 valence electrons. The van der Waals surface area contributed by atoms with Crippen LogP contribution in [0.1, 0.15) is 17.2 Å². The number of carbonyl (C=O) groups excluding carboxylic acids is 2. The smallest absolute Gasteiger partial charge is 0.295 e. The Labute approximate surface area is 162 Å². The average Bonchev–Trinajstić information content (AvgIpc) is 2.96. The number of nitrogens with zero attached hydrogens (tertiary/aromatic N) is 1. The molecule has 0 aromatic heterocycles. The summed E-state index contributed by atoms with van der Waals surface area (Å²) >= 11 is 0. The molecule has 7 nitrogen and oxygen atoms in total. The maximum Gasteiger partial charge on any atom is 0.295 e. The Kier molecular flexibility index (Phi) is 5.26. The Morgan fingerprint density at radius 2 is 1.57 bits per heavy atom. The Morgan fingerprint density at radius 3 is 2.21 bits per heavy atom. The van der Waals surface area contributed by atoms with Gasteiger partial charge in [-0.2, -0.15) is 0 Å². The van der Waals surface area contributed by atoms with Gasteiger partial charge in [-0.05, 0) is 24.3 Å². The summed E-state index contributed by atoms with van der Waals surface area (Å²) in [6.07, 6.45) is 0. The zero-order valence-corrected chi connectivity index (χ0v) is 16.1. The van der Waals surface area contributed by atoms with Crippen LogP contribution in [0.25, 0.3) is 5.76 Å². The molecule has 2 aromatic rings. The molecule has 1 heterocycles. The van der Waals surface area contributed by atoms with E-state index in [0.29, 0.717) is 28.4 Å². The highest BCUT2D eigenvalue weighted by Gasteiger charge is 2.45. The molecule has 1 atom stereocenters. The van der Waals surface area contributed by atoms with Gasteiger partial charge in [0.25, 0.3) is 11.7 Å². The molecule has 0 spiro atoms. The number of likely N-dealkylation sites (tertiary alicyclic amines) is 1. The normalized spacial score (nSPS) is 18.3. The summed E-state index contributed by atoms with van der Waals surface area (Å²) in [4.78, 5) is 26.4. The van der Waals surface area contributed by atoms with Crippen LogP contribution < -0.4 is 14.2 Å². The highest BCUT2D eigenvalue weighted by molar-refractivity contribution is 6.46. The SMILES string of the molecule is COc1ccc(/C(O)=C2/C(=O)C(=O)N(C)C2c2ccccc2OC)cc1OC. The van der Waals surface area contributed by atoms with Crippen LogP contribution in [0, 0.1) is 0 Å². The van der Waals surface area contributed by atoms with Gasteiger partial charge in [-0.25, -0.2) is 0 Å². The van der Waals surface area contributed by atoms with Crippen LogP contribution in [-0.2, 0) is 9.59 Å². The molecular formula is C21H21NO6. The second-order valence-electron chi connectivity index (χ2n) is 6.22. The zero-order chi connectivity index (χ0) is 20.4. The molecule has 1 saturated heterocycles. The summed E-state index contributed by atoms with van der Waals surface area (Å²) < 4.78 is 15.9. The minimum absolute atomic E-state index is 0.00998. The van der Waals surface area contributed by atoms with Crippen LogP contribution in [0.2, 0.25) is 0 Å². The molecule has 0 radical (unpaired) electrons. The molecule has 0 saturated carbocycles. The van der Waals surface area contributed by atoms with Crippen LogP contribution in [-0.4, -0.2) is 50.1 Å². The van der Waals surface area contributed by atoms with E-state index in [-0.39, 0.29) is 11.3 Å². The van der Waals surface area contributed by atoms with Crippen LogP contribution in [0.15, 0.2) is 48.0 Å². The van der Waals surface area contributed by atoms with Crippen molar-refractivity contribution < 1.29 is 28.9 Å². The van der Waals surface area contributed by atoms with Gasteiger partial charge in [-0.3, -0.25) is 9.59 Å². The number of hydrogen-bond donors (Lipinski definition) is 1. The largest absolute Gasteiger partial charge is 0.507 e. The van der Waals surface area contributed by atoms with Gasteiger partial charge in [0.2, 0.25) is 0 Å². The first-order valence-corrected chi connectivity index (χ1v) is 8.54. The first kappa shape index (κ1) is 19.3. The van der Waals surface area contributed by atoms with Gasteiger partial charge in [0, 0.05) is 18.2 Å². The monoisotopic (exact) mass is 383 g/mol. The zero-order valence-electron chi connectivity index (χ0n) is 16.1. The number of ketones is 1. The summed E-state index contributed by atoms with van der Waals surface area (Å²) in [6, 6.07) is 11.1. The number of benzene rings is 2. The van der Waals surface area contributed by atoms with Crippen molar-refractivity contribution in [2.45, 2.75) is 6.04 Å². The van der Waals surface area contributed by atoms with E-state index in [4.69, 9.17) is 14.2 Å². The number of hydrogen-bond acceptors (Lipinski definition) is 6. The standard InChI is InChI=1S/C21H21NO6/c1-22-18(13-7-5-6-8-14(13)26-2)17(20(24)21(22)25)19(23)12-9-10-15(27-3)16(11-12)28-4/h5-11,18,23H,1-4H3/b19-17-. The minimum Gasteiger partial charge on any atom is -0.507 e. The fourth-order valence-electron chi connectivity index (χ4n) is 3.34.